The summed E-state index contributed by atoms with van der Waals surface area (Å²) >= 11 is 0. The third-order valence-corrected chi connectivity index (χ3v) is 5.23. The SMILES string of the molecule is COc1ccc(CN(CC(O)COc2cccc3ccccc23)C2CC2)cc1. The number of nitrogens with zero attached hydrogens (tertiary/aromatic N) is 1. The van der Waals surface area contributed by atoms with Crippen LogP contribution in [-0.2, 0) is 6.54 Å². The van der Waals surface area contributed by atoms with Gasteiger partial charge in [0.05, 0.1) is 7.11 Å². The standard InChI is InChI=1S/C24H27NO3/c1-27-22-13-9-18(10-14-22)15-25(20-11-12-20)16-21(26)17-28-24-8-4-6-19-5-2-3-7-23(19)24/h2-10,13-14,20-21,26H,11-12,15-17H2,1H3. The van der Waals surface area contributed by atoms with E-state index in [-0.39, 0.29) is 0 Å². The molecule has 0 aromatic heterocycles. The van der Waals surface area contributed by atoms with Crippen molar-refractivity contribution in [1.29, 1.82) is 0 Å². The Morgan fingerprint density at radius 3 is 2.50 bits per heavy atom. The average Bonchev–Trinajstić information content (AvgIpc) is 3.58. The second kappa shape index (κ2) is 8.63. The quantitative estimate of drug-likeness (QED) is 0.605. The first-order chi connectivity index (χ1) is 13.7. The number of hydrogen-bond donors (Lipinski definition) is 1. The van der Waals surface area contributed by atoms with Crippen LogP contribution in [0.15, 0.2) is 66.7 Å². The number of rotatable bonds is 9. The summed E-state index contributed by atoms with van der Waals surface area (Å²) in [6, 6.07) is 22.9. The first kappa shape index (κ1) is 18.8. The average molecular weight is 377 g/mol. The van der Waals surface area contributed by atoms with Crippen LogP contribution in [0.2, 0.25) is 0 Å². The van der Waals surface area contributed by atoms with Crippen LogP contribution in [0.3, 0.4) is 0 Å². The Balaban J connectivity index is 1.36. The van der Waals surface area contributed by atoms with Crippen molar-refractivity contribution in [1.82, 2.24) is 4.90 Å². The van der Waals surface area contributed by atoms with Gasteiger partial charge in [0.25, 0.3) is 0 Å². The molecule has 1 saturated carbocycles. The summed E-state index contributed by atoms with van der Waals surface area (Å²) in [6.07, 6.45) is 1.87. The summed E-state index contributed by atoms with van der Waals surface area (Å²) in [5.74, 6) is 1.69. The minimum atomic E-state index is -0.530. The van der Waals surface area contributed by atoms with E-state index < -0.39 is 6.10 Å². The lowest BCUT2D eigenvalue weighted by Crippen LogP contribution is -2.36. The van der Waals surface area contributed by atoms with Crippen molar-refractivity contribution in [3.63, 3.8) is 0 Å². The molecule has 0 bridgehead atoms. The molecule has 0 aliphatic heterocycles. The molecule has 0 amide bonds. The predicted molar refractivity (Wildman–Crippen MR) is 112 cm³/mol. The van der Waals surface area contributed by atoms with Gasteiger partial charge in [0, 0.05) is 24.5 Å². The zero-order valence-electron chi connectivity index (χ0n) is 16.3. The third-order valence-electron chi connectivity index (χ3n) is 5.23. The monoisotopic (exact) mass is 377 g/mol. The van der Waals surface area contributed by atoms with Crippen molar-refractivity contribution in [3.8, 4) is 11.5 Å². The van der Waals surface area contributed by atoms with E-state index in [4.69, 9.17) is 9.47 Å². The summed E-state index contributed by atoms with van der Waals surface area (Å²) in [7, 11) is 1.68. The van der Waals surface area contributed by atoms with Crippen LogP contribution in [-0.4, -0.2) is 42.4 Å². The molecule has 4 nitrogen and oxygen atoms in total. The van der Waals surface area contributed by atoms with Gasteiger partial charge in [-0.3, -0.25) is 4.90 Å². The first-order valence-electron chi connectivity index (χ1n) is 9.88. The van der Waals surface area contributed by atoms with E-state index in [1.165, 1.54) is 18.4 Å². The predicted octanol–water partition coefficient (Wildman–Crippen LogP) is 4.25. The number of aliphatic hydroxyl groups excluding tert-OH is 1. The number of methoxy groups -OCH3 is 1. The van der Waals surface area contributed by atoms with Gasteiger partial charge in [-0.1, -0.05) is 48.5 Å². The fourth-order valence-electron chi connectivity index (χ4n) is 3.58. The Hall–Kier alpha value is -2.56. The summed E-state index contributed by atoms with van der Waals surface area (Å²) in [4.78, 5) is 2.36. The minimum absolute atomic E-state index is 0.292. The minimum Gasteiger partial charge on any atom is -0.497 e. The highest BCUT2D eigenvalue weighted by Crippen LogP contribution is 2.29. The van der Waals surface area contributed by atoms with E-state index in [0.29, 0.717) is 19.2 Å². The molecule has 4 rings (SSSR count). The fourth-order valence-corrected chi connectivity index (χ4v) is 3.58. The molecule has 146 valence electrons. The number of hydrogen-bond acceptors (Lipinski definition) is 4. The molecule has 1 aliphatic carbocycles. The summed E-state index contributed by atoms with van der Waals surface area (Å²) < 4.78 is 11.2. The molecule has 1 N–H and O–H groups in total. The summed E-state index contributed by atoms with van der Waals surface area (Å²) in [5, 5.41) is 12.8. The Bertz CT molecular complexity index is 900. The van der Waals surface area contributed by atoms with Gasteiger partial charge in [-0.25, -0.2) is 0 Å². The maximum atomic E-state index is 10.6. The molecule has 3 aromatic carbocycles. The van der Waals surface area contributed by atoms with Crippen molar-refractivity contribution in [2.45, 2.75) is 31.5 Å². The lowest BCUT2D eigenvalue weighted by molar-refractivity contribution is 0.0631. The van der Waals surface area contributed by atoms with Crippen molar-refractivity contribution >= 4 is 10.8 Å². The van der Waals surface area contributed by atoms with Gasteiger partial charge in [-0.15, -0.1) is 0 Å². The Kier molecular flexibility index (Phi) is 5.79. The number of benzene rings is 3. The molecule has 0 saturated heterocycles. The molecule has 1 atom stereocenters. The zero-order valence-corrected chi connectivity index (χ0v) is 16.3. The van der Waals surface area contributed by atoms with E-state index in [1.807, 2.05) is 36.4 Å². The van der Waals surface area contributed by atoms with Crippen molar-refractivity contribution in [2.75, 3.05) is 20.3 Å². The fraction of sp³-hybridized carbons (Fsp3) is 0.333. The maximum Gasteiger partial charge on any atom is 0.127 e. The first-order valence-corrected chi connectivity index (χ1v) is 9.88. The smallest absolute Gasteiger partial charge is 0.127 e. The maximum absolute atomic E-state index is 10.6. The van der Waals surface area contributed by atoms with Crippen LogP contribution in [0, 0.1) is 0 Å². The zero-order chi connectivity index (χ0) is 19.3. The number of aliphatic hydroxyl groups is 1. The molecule has 0 heterocycles. The van der Waals surface area contributed by atoms with E-state index in [1.54, 1.807) is 7.11 Å². The van der Waals surface area contributed by atoms with Gasteiger partial charge in [0.1, 0.15) is 24.2 Å². The van der Waals surface area contributed by atoms with Crippen LogP contribution in [0.5, 0.6) is 11.5 Å². The molecule has 3 aromatic rings. The van der Waals surface area contributed by atoms with Gasteiger partial charge in [-0.2, -0.15) is 0 Å². The third kappa shape index (κ3) is 4.64. The van der Waals surface area contributed by atoms with E-state index in [9.17, 15) is 5.11 Å². The van der Waals surface area contributed by atoms with Crippen LogP contribution in [0.4, 0.5) is 0 Å². The molecular weight excluding hydrogens is 350 g/mol. The van der Waals surface area contributed by atoms with Gasteiger partial charge >= 0.3 is 0 Å². The van der Waals surface area contributed by atoms with E-state index >= 15 is 0 Å². The van der Waals surface area contributed by atoms with Gasteiger partial charge in [0.2, 0.25) is 0 Å². The Labute approximate surface area is 166 Å². The molecule has 0 radical (unpaired) electrons. The molecule has 28 heavy (non-hydrogen) atoms. The Morgan fingerprint density at radius 2 is 1.75 bits per heavy atom. The van der Waals surface area contributed by atoms with Crippen LogP contribution >= 0.6 is 0 Å². The van der Waals surface area contributed by atoms with Crippen LogP contribution in [0.25, 0.3) is 10.8 Å². The van der Waals surface area contributed by atoms with Crippen LogP contribution < -0.4 is 9.47 Å². The summed E-state index contributed by atoms with van der Waals surface area (Å²) in [6.45, 7) is 1.74. The molecule has 4 heteroatoms. The highest BCUT2D eigenvalue weighted by atomic mass is 16.5. The summed E-state index contributed by atoms with van der Waals surface area (Å²) in [5.41, 5.74) is 1.23. The van der Waals surface area contributed by atoms with Gasteiger partial charge in [-0.05, 0) is 42.0 Å². The second-order valence-corrected chi connectivity index (χ2v) is 7.45. The highest BCUT2D eigenvalue weighted by Gasteiger charge is 2.30. The molecule has 1 unspecified atom stereocenters. The van der Waals surface area contributed by atoms with Crippen LogP contribution in [0.1, 0.15) is 18.4 Å². The second-order valence-electron chi connectivity index (χ2n) is 7.45. The van der Waals surface area contributed by atoms with Gasteiger partial charge < -0.3 is 14.6 Å². The lowest BCUT2D eigenvalue weighted by atomic mass is 10.1. The van der Waals surface area contributed by atoms with Crippen molar-refractivity contribution in [2.24, 2.45) is 0 Å². The molecular formula is C24H27NO3. The van der Waals surface area contributed by atoms with E-state index in [2.05, 4.69) is 35.2 Å². The molecule has 0 spiro atoms. The van der Waals surface area contributed by atoms with E-state index in [0.717, 1.165) is 28.8 Å². The number of ether oxygens (including phenoxy) is 2. The highest BCUT2D eigenvalue weighted by molar-refractivity contribution is 5.88. The van der Waals surface area contributed by atoms with Crippen molar-refractivity contribution < 1.29 is 14.6 Å². The number of fused-ring (bicyclic) bond motifs is 1. The molecule has 1 aliphatic rings. The Morgan fingerprint density at radius 1 is 1.00 bits per heavy atom. The van der Waals surface area contributed by atoms with Gasteiger partial charge in [0.15, 0.2) is 0 Å². The lowest BCUT2D eigenvalue weighted by Gasteiger charge is -2.25. The largest absolute Gasteiger partial charge is 0.497 e. The van der Waals surface area contributed by atoms with Crippen molar-refractivity contribution in [3.05, 3.63) is 72.3 Å². The molecule has 1 fully saturated rings. The normalized spacial score (nSPS) is 15.0. The topological polar surface area (TPSA) is 41.9 Å².